The molecule has 1 heterocycles. The zero-order valence-electron chi connectivity index (χ0n) is 14.7. The second-order valence-corrected chi connectivity index (χ2v) is 5.62. The van der Waals surface area contributed by atoms with E-state index < -0.39 is 5.97 Å². The maximum absolute atomic E-state index is 12.2. The monoisotopic (exact) mass is 354 g/mol. The molecule has 26 heavy (non-hydrogen) atoms. The minimum atomic E-state index is -0.479. The second-order valence-electron chi connectivity index (χ2n) is 5.62. The van der Waals surface area contributed by atoms with Crippen LogP contribution < -0.4 is 9.47 Å². The zero-order valence-corrected chi connectivity index (χ0v) is 14.7. The summed E-state index contributed by atoms with van der Waals surface area (Å²) in [7, 11) is 2.88. The lowest BCUT2D eigenvalue weighted by atomic mass is 10.1. The van der Waals surface area contributed by atoms with Gasteiger partial charge in [-0.25, -0.2) is 4.79 Å². The summed E-state index contributed by atoms with van der Waals surface area (Å²) in [6.07, 6.45) is 0. The van der Waals surface area contributed by atoms with E-state index in [0.29, 0.717) is 39.4 Å². The highest BCUT2D eigenvalue weighted by Gasteiger charge is 2.19. The molecule has 0 fully saturated rings. The van der Waals surface area contributed by atoms with Crippen molar-refractivity contribution in [3.05, 3.63) is 59.4 Å². The number of carbonyl (C=O) groups excluding carboxylic acids is 2. The Bertz CT molecular complexity index is 952. The van der Waals surface area contributed by atoms with Gasteiger partial charge in [-0.3, -0.25) is 4.79 Å². The number of esters is 1. The van der Waals surface area contributed by atoms with Crippen molar-refractivity contribution in [1.29, 1.82) is 0 Å². The highest BCUT2D eigenvalue weighted by molar-refractivity contribution is 6.05. The van der Waals surface area contributed by atoms with Crippen LogP contribution in [0.2, 0.25) is 0 Å². The highest BCUT2D eigenvalue weighted by Crippen LogP contribution is 2.29. The van der Waals surface area contributed by atoms with Crippen molar-refractivity contribution in [2.45, 2.75) is 6.92 Å². The number of hydrogen-bond donors (Lipinski definition) is 0. The van der Waals surface area contributed by atoms with E-state index in [0.717, 1.165) is 0 Å². The number of methoxy groups -OCH3 is 2. The van der Waals surface area contributed by atoms with Gasteiger partial charge in [0.05, 0.1) is 14.2 Å². The van der Waals surface area contributed by atoms with Crippen molar-refractivity contribution in [2.24, 2.45) is 0 Å². The van der Waals surface area contributed by atoms with Gasteiger partial charge < -0.3 is 18.6 Å². The number of rotatable bonds is 6. The molecule has 2 aromatic carbocycles. The zero-order chi connectivity index (χ0) is 18.7. The molecule has 0 aliphatic rings. The van der Waals surface area contributed by atoms with Gasteiger partial charge in [0, 0.05) is 10.9 Å². The highest BCUT2D eigenvalue weighted by atomic mass is 16.5. The first-order valence-corrected chi connectivity index (χ1v) is 7.95. The van der Waals surface area contributed by atoms with E-state index in [9.17, 15) is 9.59 Å². The van der Waals surface area contributed by atoms with Crippen LogP contribution in [0.25, 0.3) is 11.0 Å². The number of benzene rings is 2. The topological polar surface area (TPSA) is 75.0 Å². The quantitative estimate of drug-likeness (QED) is 0.495. The molecule has 0 spiro atoms. The number of furan rings is 1. The van der Waals surface area contributed by atoms with Gasteiger partial charge >= 0.3 is 5.97 Å². The predicted octanol–water partition coefficient (Wildman–Crippen LogP) is 3.80. The summed E-state index contributed by atoms with van der Waals surface area (Å²) in [4.78, 5) is 24.2. The van der Waals surface area contributed by atoms with Gasteiger partial charge in [-0.2, -0.15) is 0 Å². The molecule has 6 heteroatoms. The first kappa shape index (κ1) is 17.5. The molecule has 0 amide bonds. The summed E-state index contributed by atoms with van der Waals surface area (Å²) in [5, 5.41) is 0.587. The van der Waals surface area contributed by atoms with Gasteiger partial charge in [0.15, 0.2) is 12.4 Å². The van der Waals surface area contributed by atoms with Crippen LogP contribution in [0.5, 0.6) is 11.5 Å². The van der Waals surface area contributed by atoms with E-state index in [2.05, 4.69) is 0 Å². The van der Waals surface area contributed by atoms with Crippen LogP contribution in [0.1, 0.15) is 26.5 Å². The summed E-state index contributed by atoms with van der Waals surface area (Å²) < 4.78 is 21.0. The smallest absolute Gasteiger partial charge is 0.342 e. The number of Topliss-reactive ketones (excluding diaryl/α,β-unsaturated/α-hetero) is 1. The van der Waals surface area contributed by atoms with Crippen LogP contribution >= 0.6 is 0 Å². The van der Waals surface area contributed by atoms with Crippen molar-refractivity contribution in [3.8, 4) is 11.5 Å². The molecule has 3 aromatic rings. The van der Waals surface area contributed by atoms with Crippen LogP contribution in [0.15, 0.2) is 46.9 Å². The average molecular weight is 354 g/mol. The molecule has 0 N–H and O–H groups in total. The minimum Gasteiger partial charge on any atom is -0.497 e. The molecule has 0 aliphatic heterocycles. The predicted molar refractivity (Wildman–Crippen MR) is 95.1 cm³/mol. The van der Waals surface area contributed by atoms with E-state index in [1.807, 2.05) is 0 Å². The molecule has 0 unspecified atom stereocenters. The molecule has 1 aromatic heterocycles. The van der Waals surface area contributed by atoms with Crippen LogP contribution in [0.4, 0.5) is 0 Å². The minimum absolute atomic E-state index is 0.123. The fraction of sp³-hybridized carbons (Fsp3) is 0.200. The van der Waals surface area contributed by atoms with Crippen molar-refractivity contribution >= 4 is 22.7 Å². The van der Waals surface area contributed by atoms with E-state index in [1.54, 1.807) is 56.5 Å². The Labute approximate surface area is 150 Å². The Hall–Kier alpha value is -3.28. The number of aryl methyl sites for hydroxylation is 1. The van der Waals surface area contributed by atoms with Gasteiger partial charge in [-0.15, -0.1) is 0 Å². The molecule has 0 bridgehead atoms. The van der Waals surface area contributed by atoms with Crippen LogP contribution in [-0.2, 0) is 4.74 Å². The molecule has 0 radical (unpaired) electrons. The molecule has 6 nitrogen and oxygen atoms in total. The third-order valence-corrected chi connectivity index (χ3v) is 4.01. The number of carbonyl (C=O) groups is 2. The summed E-state index contributed by atoms with van der Waals surface area (Å²) in [5.41, 5.74) is 1.44. The van der Waals surface area contributed by atoms with Crippen LogP contribution in [0, 0.1) is 6.92 Å². The lowest BCUT2D eigenvalue weighted by molar-refractivity contribution is 0.0600. The molecular weight excluding hydrogens is 336 g/mol. The van der Waals surface area contributed by atoms with E-state index in [4.69, 9.17) is 18.6 Å². The Morgan fingerprint density at radius 2 is 1.69 bits per heavy atom. The van der Waals surface area contributed by atoms with E-state index >= 15 is 0 Å². The summed E-state index contributed by atoms with van der Waals surface area (Å²) in [5.74, 6) is 0.972. The largest absolute Gasteiger partial charge is 0.497 e. The van der Waals surface area contributed by atoms with Gasteiger partial charge in [-0.1, -0.05) is 0 Å². The average Bonchev–Trinajstić information content (AvgIpc) is 3.00. The van der Waals surface area contributed by atoms with Gasteiger partial charge in [0.25, 0.3) is 0 Å². The van der Waals surface area contributed by atoms with Crippen molar-refractivity contribution < 1.29 is 28.2 Å². The lowest BCUT2D eigenvalue weighted by Crippen LogP contribution is -2.11. The van der Waals surface area contributed by atoms with Crippen LogP contribution in [-0.4, -0.2) is 32.6 Å². The number of hydrogen-bond acceptors (Lipinski definition) is 6. The Morgan fingerprint density at radius 1 is 1.00 bits per heavy atom. The molecule has 0 atom stereocenters. The summed E-state index contributed by atoms with van der Waals surface area (Å²) in [6.45, 7) is 1.57. The Balaban J connectivity index is 1.78. The van der Waals surface area contributed by atoms with Crippen molar-refractivity contribution in [3.63, 3.8) is 0 Å². The summed E-state index contributed by atoms with van der Waals surface area (Å²) >= 11 is 0. The van der Waals surface area contributed by atoms with Gasteiger partial charge in [-0.05, 0) is 49.4 Å². The summed E-state index contributed by atoms with van der Waals surface area (Å²) in [6, 6.07) is 11.9. The van der Waals surface area contributed by atoms with Crippen LogP contribution in [0.3, 0.4) is 0 Å². The fourth-order valence-corrected chi connectivity index (χ4v) is 2.65. The molecule has 0 saturated carbocycles. The normalized spacial score (nSPS) is 10.6. The maximum Gasteiger partial charge on any atom is 0.342 e. The molecular formula is C20H18O6. The number of ether oxygens (including phenoxy) is 3. The second kappa shape index (κ2) is 7.31. The lowest BCUT2D eigenvalue weighted by Gasteiger charge is -2.07. The SMILES string of the molecule is COC(=O)c1c(C)oc2ccc(OCC(=O)c3ccc(OC)cc3)cc12. The molecule has 3 rings (SSSR count). The van der Waals surface area contributed by atoms with E-state index in [1.165, 1.54) is 7.11 Å². The molecule has 0 aliphatic carbocycles. The van der Waals surface area contributed by atoms with Crippen molar-refractivity contribution in [1.82, 2.24) is 0 Å². The fourth-order valence-electron chi connectivity index (χ4n) is 2.65. The Kier molecular flexibility index (Phi) is 4.93. The third-order valence-electron chi connectivity index (χ3n) is 4.01. The Morgan fingerprint density at radius 3 is 2.35 bits per heavy atom. The standard InChI is InChI=1S/C20H18O6/c1-12-19(20(22)24-3)16-10-15(8-9-18(16)26-12)25-11-17(21)13-4-6-14(23-2)7-5-13/h4-10H,11H2,1-3H3. The number of fused-ring (bicyclic) bond motifs is 1. The van der Waals surface area contributed by atoms with Gasteiger partial charge in [0.1, 0.15) is 28.4 Å². The molecule has 134 valence electrons. The number of ketones is 1. The third kappa shape index (κ3) is 3.39. The van der Waals surface area contributed by atoms with E-state index in [-0.39, 0.29) is 12.4 Å². The van der Waals surface area contributed by atoms with Crippen molar-refractivity contribution in [2.75, 3.05) is 20.8 Å². The maximum atomic E-state index is 12.2. The first-order valence-electron chi connectivity index (χ1n) is 7.95. The van der Waals surface area contributed by atoms with Gasteiger partial charge in [0.2, 0.25) is 0 Å². The first-order chi connectivity index (χ1) is 12.5. The molecule has 0 saturated heterocycles.